The van der Waals surface area contributed by atoms with E-state index in [4.69, 9.17) is 10.00 Å². The maximum atomic E-state index is 12.1. The van der Waals surface area contributed by atoms with E-state index < -0.39 is 5.60 Å². The van der Waals surface area contributed by atoms with Gasteiger partial charge in [0.25, 0.3) is 0 Å². The third-order valence-corrected chi connectivity index (χ3v) is 4.04. The number of carbonyl (C=O) groups excluding carboxylic acids is 2. The second-order valence-electron chi connectivity index (χ2n) is 6.87. The van der Waals surface area contributed by atoms with Gasteiger partial charge in [0.05, 0.1) is 6.07 Å². The van der Waals surface area contributed by atoms with Gasteiger partial charge in [-0.2, -0.15) is 5.26 Å². The van der Waals surface area contributed by atoms with Crippen LogP contribution in [0.15, 0.2) is 0 Å². The van der Waals surface area contributed by atoms with Crippen molar-refractivity contribution in [3.8, 4) is 6.07 Å². The molecule has 2 fully saturated rings. The summed E-state index contributed by atoms with van der Waals surface area (Å²) in [7, 11) is 0. The largest absolute Gasteiger partial charge is 0.444 e. The minimum Gasteiger partial charge on any atom is -0.444 e. The molecular formula is C15H23N3O3. The normalized spacial score (nSPS) is 25.2. The summed E-state index contributed by atoms with van der Waals surface area (Å²) in [6.07, 6.45) is 0.554. The Morgan fingerprint density at radius 1 is 1.19 bits per heavy atom. The first-order valence-electron chi connectivity index (χ1n) is 7.43. The fraction of sp³-hybridized carbons (Fsp3) is 0.800. The SMILES string of the molecule is CC(C)(C)OC(=O)N1CC[C@@H]2CN(C(=O)CC#N)C[C@@H]2C1. The summed E-state index contributed by atoms with van der Waals surface area (Å²) in [6.45, 7) is 8.24. The molecule has 0 bridgehead atoms. The zero-order valence-corrected chi connectivity index (χ0v) is 13.0. The Morgan fingerprint density at radius 2 is 1.81 bits per heavy atom. The van der Waals surface area contributed by atoms with Crippen molar-refractivity contribution in [1.82, 2.24) is 9.80 Å². The van der Waals surface area contributed by atoms with E-state index >= 15 is 0 Å². The van der Waals surface area contributed by atoms with Crippen LogP contribution in [0.1, 0.15) is 33.6 Å². The van der Waals surface area contributed by atoms with Crippen molar-refractivity contribution in [2.24, 2.45) is 11.8 Å². The molecule has 0 aromatic rings. The van der Waals surface area contributed by atoms with E-state index in [1.54, 1.807) is 9.80 Å². The first-order valence-corrected chi connectivity index (χ1v) is 7.43. The number of carbonyl (C=O) groups is 2. The van der Waals surface area contributed by atoms with Crippen molar-refractivity contribution in [1.29, 1.82) is 5.26 Å². The van der Waals surface area contributed by atoms with Gasteiger partial charge in [-0.25, -0.2) is 4.79 Å². The molecule has 2 aliphatic heterocycles. The minimum atomic E-state index is -0.488. The highest BCUT2D eigenvalue weighted by molar-refractivity contribution is 5.78. The summed E-state index contributed by atoms with van der Waals surface area (Å²) in [5.74, 6) is 0.635. The number of nitrogens with zero attached hydrogens (tertiary/aromatic N) is 3. The van der Waals surface area contributed by atoms with Crippen molar-refractivity contribution in [3.63, 3.8) is 0 Å². The quantitative estimate of drug-likeness (QED) is 0.736. The summed E-state index contributed by atoms with van der Waals surface area (Å²) in [5.41, 5.74) is -0.488. The smallest absolute Gasteiger partial charge is 0.410 e. The average Bonchev–Trinajstić information content (AvgIpc) is 2.79. The van der Waals surface area contributed by atoms with E-state index in [1.807, 2.05) is 26.8 Å². The van der Waals surface area contributed by atoms with Crippen LogP contribution in [0.4, 0.5) is 4.79 Å². The minimum absolute atomic E-state index is 0.0603. The van der Waals surface area contributed by atoms with Crippen LogP contribution in [0, 0.1) is 23.2 Å². The zero-order valence-electron chi connectivity index (χ0n) is 13.0. The second kappa shape index (κ2) is 5.92. The van der Waals surface area contributed by atoms with Gasteiger partial charge in [-0.05, 0) is 39.0 Å². The number of nitriles is 1. The van der Waals surface area contributed by atoms with Crippen LogP contribution in [0.5, 0.6) is 0 Å². The number of hydrogen-bond donors (Lipinski definition) is 0. The predicted octanol–water partition coefficient (Wildman–Crippen LogP) is 1.62. The fourth-order valence-electron chi connectivity index (χ4n) is 3.04. The lowest BCUT2D eigenvalue weighted by atomic mass is 9.89. The average molecular weight is 293 g/mol. The Labute approximate surface area is 125 Å². The molecule has 2 rings (SSSR count). The number of hydrogen-bond acceptors (Lipinski definition) is 4. The summed E-state index contributed by atoms with van der Waals surface area (Å²) in [5, 5.41) is 8.61. The standard InChI is InChI=1S/C15H23N3O3/c1-15(2,3)21-14(20)17-7-5-11-8-18(10-12(11)9-17)13(19)4-6-16/h11-12H,4-5,7-10H2,1-3H3/t11-,12+/m1/s1. The molecule has 2 heterocycles. The van der Waals surface area contributed by atoms with Gasteiger partial charge >= 0.3 is 6.09 Å². The van der Waals surface area contributed by atoms with Crippen LogP contribution in [0.3, 0.4) is 0 Å². The first-order chi connectivity index (χ1) is 9.80. The van der Waals surface area contributed by atoms with Crippen molar-refractivity contribution in [2.45, 2.75) is 39.2 Å². The molecule has 2 saturated heterocycles. The molecule has 2 amide bonds. The molecule has 21 heavy (non-hydrogen) atoms. The third kappa shape index (κ3) is 3.87. The summed E-state index contributed by atoms with van der Waals surface area (Å²) in [4.78, 5) is 27.4. The Hall–Kier alpha value is -1.77. The van der Waals surface area contributed by atoms with E-state index in [-0.39, 0.29) is 18.4 Å². The van der Waals surface area contributed by atoms with Gasteiger partial charge in [0.1, 0.15) is 12.0 Å². The van der Waals surface area contributed by atoms with Crippen molar-refractivity contribution in [2.75, 3.05) is 26.2 Å². The molecular weight excluding hydrogens is 270 g/mol. The molecule has 0 radical (unpaired) electrons. The highest BCUT2D eigenvalue weighted by Crippen LogP contribution is 2.32. The number of amides is 2. The monoisotopic (exact) mass is 293 g/mol. The van der Waals surface area contributed by atoms with Crippen LogP contribution >= 0.6 is 0 Å². The molecule has 0 aromatic carbocycles. The fourth-order valence-corrected chi connectivity index (χ4v) is 3.04. The molecule has 0 saturated carbocycles. The molecule has 2 aliphatic rings. The summed E-state index contributed by atoms with van der Waals surface area (Å²) >= 11 is 0. The van der Waals surface area contributed by atoms with Gasteiger partial charge in [0.15, 0.2) is 0 Å². The van der Waals surface area contributed by atoms with E-state index in [2.05, 4.69) is 0 Å². The van der Waals surface area contributed by atoms with Gasteiger partial charge in [-0.1, -0.05) is 0 Å². The lowest BCUT2D eigenvalue weighted by molar-refractivity contribution is -0.129. The Balaban J connectivity index is 1.91. The Bertz CT molecular complexity index is 464. The molecule has 6 nitrogen and oxygen atoms in total. The van der Waals surface area contributed by atoms with E-state index in [0.717, 1.165) is 6.42 Å². The van der Waals surface area contributed by atoms with Crippen molar-refractivity contribution < 1.29 is 14.3 Å². The third-order valence-electron chi connectivity index (χ3n) is 4.04. The molecule has 0 spiro atoms. The molecule has 0 aliphatic carbocycles. The van der Waals surface area contributed by atoms with E-state index in [1.165, 1.54) is 0 Å². The first kappa shape index (κ1) is 15.6. The van der Waals surface area contributed by atoms with Crippen LogP contribution in [-0.2, 0) is 9.53 Å². The highest BCUT2D eigenvalue weighted by atomic mass is 16.6. The Kier molecular flexibility index (Phi) is 4.40. The summed E-state index contributed by atoms with van der Waals surface area (Å²) in [6, 6.07) is 1.90. The van der Waals surface area contributed by atoms with Crippen LogP contribution < -0.4 is 0 Å². The van der Waals surface area contributed by atoms with Gasteiger partial charge in [-0.3, -0.25) is 4.79 Å². The van der Waals surface area contributed by atoms with Gasteiger partial charge < -0.3 is 14.5 Å². The Morgan fingerprint density at radius 3 is 2.43 bits per heavy atom. The number of rotatable bonds is 1. The number of likely N-dealkylation sites (tertiary alicyclic amines) is 2. The maximum absolute atomic E-state index is 12.1. The van der Waals surface area contributed by atoms with Gasteiger partial charge in [0.2, 0.25) is 5.91 Å². The van der Waals surface area contributed by atoms with Crippen LogP contribution in [-0.4, -0.2) is 53.6 Å². The lowest BCUT2D eigenvalue weighted by Gasteiger charge is -2.35. The summed E-state index contributed by atoms with van der Waals surface area (Å²) < 4.78 is 5.40. The highest BCUT2D eigenvalue weighted by Gasteiger charge is 2.40. The van der Waals surface area contributed by atoms with Crippen molar-refractivity contribution in [3.05, 3.63) is 0 Å². The van der Waals surface area contributed by atoms with Crippen LogP contribution in [0.25, 0.3) is 0 Å². The maximum Gasteiger partial charge on any atom is 0.410 e. The van der Waals surface area contributed by atoms with E-state index in [0.29, 0.717) is 38.0 Å². The zero-order chi connectivity index (χ0) is 15.6. The molecule has 2 atom stereocenters. The molecule has 0 N–H and O–H groups in total. The van der Waals surface area contributed by atoms with E-state index in [9.17, 15) is 9.59 Å². The van der Waals surface area contributed by atoms with Crippen molar-refractivity contribution >= 4 is 12.0 Å². The lowest BCUT2D eigenvalue weighted by Crippen LogP contribution is -2.45. The topological polar surface area (TPSA) is 73.6 Å². The van der Waals surface area contributed by atoms with Gasteiger partial charge in [0, 0.05) is 26.2 Å². The molecule has 116 valence electrons. The predicted molar refractivity (Wildman–Crippen MR) is 76.2 cm³/mol. The van der Waals surface area contributed by atoms with Gasteiger partial charge in [-0.15, -0.1) is 0 Å². The number of ether oxygens (including phenoxy) is 1. The number of fused-ring (bicyclic) bond motifs is 1. The number of piperidine rings is 1. The molecule has 6 heteroatoms. The van der Waals surface area contributed by atoms with Crippen LogP contribution in [0.2, 0.25) is 0 Å². The molecule has 0 unspecified atom stereocenters. The molecule has 0 aromatic heterocycles. The second-order valence-corrected chi connectivity index (χ2v) is 6.87.